The summed E-state index contributed by atoms with van der Waals surface area (Å²) >= 11 is 0. The molecule has 1 fully saturated rings. The van der Waals surface area contributed by atoms with Crippen molar-refractivity contribution in [1.82, 2.24) is 9.55 Å². The van der Waals surface area contributed by atoms with Crippen LogP contribution in [0.4, 0.5) is 4.39 Å². The van der Waals surface area contributed by atoms with Crippen LogP contribution in [0.1, 0.15) is 12.8 Å². The van der Waals surface area contributed by atoms with Crippen LogP contribution in [0.2, 0.25) is 0 Å². The predicted octanol–water partition coefficient (Wildman–Crippen LogP) is 2.29. The van der Waals surface area contributed by atoms with Gasteiger partial charge < -0.3 is 9.67 Å². The predicted molar refractivity (Wildman–Crippen MR) is 63.5 cm³/mol. The number of rotatable bonds is 3. The minimum atomic E-state index is -0.705. The molecule has 0 bridgehead atoms. The number of fused-ring (bicyclic) bond motifs is 1. The highest BCUT2D eigenvalue weighted by Gasteiger charge is 2.34. The average molecular weight is 248 g/mol. The van der Waals surface area contributed by atoms with Crippen LogP contribution in [0.3, 0.4) is 0 Å². The first-order valence-corrected chi connectivity index (χ1v) is 5.96. The van der Waals surface area contributed by atoms with Crippen molar-refractivity contribution in [3.05, 3.63) is 30.3 Å². The summed E-state index contributed by atoms with van der Waals surface area (Å²) in [6, 6.07) is 4.54. The Balaban J connectivity index is 1.74. The molecule has 1 aliphatic rings. The summed E-state index contributed by atoms with van der Waals surface area (Å²) in [5.74, 6) is -0.804. The minimum absolute atomic E-state index is 0.192. The van der Waals surface area contributed by atoms with Crippen LogP contribution in [0.5, 0.6) is 0 Å². The van der Waals surface area contributed by atoms with E-state index in [0.29, 0.717) is 11.4 Å². The number of hydrogen-bond donors (Lipinski definition) is 1. The van der Waals surface area contributed by atoms with Crippen LogP contribution in [0.25, 0.3) is 11.0 Å². The number of benzene rings is 1. The number of aliphatic carboxylic acids is 1. The molecule has 0 aliphatic heterocycles. The van der Waals surface area contributed by atoms with Crippen LogP contribution in [-0.4, -0.2) is 20.6 Å². The second-order valence-corrected chi connectivity index (χ2v) is 4.90. The van der Waals surface area contributed by atoms with E-state index in [2.05, 4.69) is 4.98 Å². The Hall–Kier alpha value is -1.91. The Kier molecular flexibility index (Phi) is 2.54. The zero-order chi connectivity index (χ0) is 12.7. The number of aromatic nitrogens is 2. The molecule has 94 valence electrons. The molecule has 1 saturated carbocycles. The van der Waals surface area contributed by atoms with Gasteiger partial charge in [0.15, 0.2) is 0 Å². The maximum Gasteiger partial charge on any atom is 0.306 e. The maximum absolute atomic E-state index is 13.0. The van der Waals surface area contributed by atoms with E-state index in [1.807, 2.05) is 4.57 Å². The highest BCUT2D eigenvalue weighted by molar-refractivity contribution is 5.75. The molecule has 1 aliphatic carbocycles. The van der Waals surface area contributed by atoms with Crippen LogP contribution in [0.15, 0.2) is 24.5 Å². The van der Waals surface area contributed by atoms with E-state index in [4.69, 9.17) is 5.11 Å². The van der Waals surface area contributed by atoms with Gasteiger partial charge in [-0.1, -0.05) is 0 Å². The summed E-state index contributed by atoms with van der Waals surface area (Å²) in [5, 5.41) is 8.82. The van der Waals surface area contributed by atoms with Gasteiger partial charge in [-0.2, -0.15) is 0 Å². The fourth-order valence-electron chi connectivity index (χ4n) is 2.55. The van der Waals surface area contributed by atoms with E-state index in [1.165, 1.54) is 12.1 Å². The molecule has 4 nitrogen and oxygen atoms in total. The van der Waals surface area contributed by atoms with Crippen molar-refractivity contribution in [3.63, 3.8) is 0 Å². The largest absolute Gasteiger partial charge is 0.481 e. The Labute approximate surface area is 103 Å². The number of carboxylic acid groups (broad SMARTS) is 1. The summed E-state index contributed by atoms with van der Waals surface area (Å²) < 4.78 is 15.0. The van der Waals surface area contributed by atoms with Crippen molar-refractivity contribution in [2.45, 2.75) is 19.4 Å². The lowest BCUT2D eigenvalue weighted by molar-refractivity contribution is -0.146. The zero-order valence-electron chi connectivity index (χ0n) is 9.71. The summed E-state index contributed by atoms with van der Waals surface area (Å²) in [7, 11) is 0. The van der Waals surface area contributed by atoms with Gasteiger partial charge in [-0.15, -0.1) is 0 Å². The molecular formula is C13H13FN2O2. The van der Waals surface area contributed by atoms with Crippen molar-refractivity contribution < 1.29 is 14.3 Å². The quantitative estimate of drug-likeness (QED) is 0.906. The van der Waals surface area contributed by atoms with Gasteiger partial charge in [0.05, 0.1) is 23.3 Å². The Morgan fingerprint density at radius 2 is 2.28 bits per heavy atom. The van der Waals surface area contributed by atoms with Crippen molar-refractivity contribution in [2.75, 3.05) is 0 Å². The molecule has 3 rings (SSSR count). The van der Waals surface area contributed by atoms with Crippen LogP contribution < -0.4 is 0 Å². The molecule has 0 amide bonds. The fourth-order valence-corrected chi connectivity index (χ4v) is 2.55. The first-order chi connectivity index (χ1) is 8.63. The molecule has 0 spiro atoms. The van der Waals surface area contributed by atoms with Crippen LogP contribution in [-0.2, 0) is 11.3 Å². The molecule has 0 atom stereocenters. The molecule has 1 aromatic heterocycles. The summed E-state index contributed by atoms with van der Waals surface area (Å²) in [6.45, 7) is 0.756. The van der Waals surface area contributed by atoms with Gasteiger partial charge in [0.1, 0.15) is 5.82 Å². The monoisotopic (exact) mass is 248 g/mol. The van der Waals surface area contributed by atoms with Gasteiger partial charge in [-0.3, -0.25) is 4.79 Å². The smallest absolute Gasteiger partial charge is 0.306 e. The fraction of sp³-hybridized carbons (Fsp3) is 0.385. The van der Waals surface area contributed by atoms with Crippen LogP contribution >= 0.6 is 0 Å². The highest BCUT2D eigenvalue weighted by atomic mass is 19.1. The lowest BCUT2D eigenvalue weighted by atomic mass is 9.75. The molecule has 1 heterocycles. The normalized spacial score (nSPS) is 22.9. The minimum Gasteiger partial charge on any atom is -0.481 e. The first-order valence-electron chi connectivity index (χ1n) is 5.96. The number of carboxylic acids is 1. The summed E-state index contributed by atoms with van der Waals surface area (Å²) in [5.41, 5.74) is 1.54. The molecule has 1 aromatic carbocycles. The van der Waals surface area contributed by atoms with Gasteiger partial charge in [0.25, 0.3) is 0 Å². The molecule has 18 heavy (non-hydrogen) atoms. The highest BCUT2D eigenvalue weighted by Crippen LogP contribution is 2.35. The van der Waals surface area contributed by atoms with Crippen molar-refractivity contribution in [3.8, 4) is 0 Å². The third kappa shape index (κ3) is 1.85. The number of halogens is 1. The topological polar surface area (TPSA) is 55.1 Å². The van der Waals surface area contributed by atoms with E-state index < -0.39 is 5.97 Å². The average Bonchev–Trinajstić information content (AvgIpc) is 2.64. The maximum atomic E-state index is 13.0. The molecule has 1 N–H and O–H groups in total. The number of nitrogens with zero attached hydrogens (tertiary/aromatic N) is 2. The van der Waals surface area contributed by atoms with Gasteiger partial charge in [-0.25, -0.2) is 9.37 Å². The third-order valence-electron chi connectivity index (χ3n) is 3.62. The van der Waals surface area contributed by atoms with E-state index in [9.17, 15) is 9.18 Å². The van der Waals surface area contributed by atoms with Gasteiger partial charge in [0.2, 0.25) is 0 Å². The van der Waals surface area contributed by atoms with Gasteiger partial charge >= 0.3 is 5.97 Å². The molecule has 0 radical (unpaired) electrons. The molecule has 5 heteroatoms. The van der Waals surface area contributed by atoms with Crippen molar-refractivity contribution in [1.29, 1.82) is 0 Å². The van der Waals surface area contributed by atoms with Crippen molar-refractivity contribution >= 4 is 17.0 Å². The van der Waals surface area contributed by atoms with E-state index in [1.54, 1.807) is 12.4 Å². The molecular weight excluding hydrogens is 235 g/mol. The lowest BCUT2D eigenvalue weighted by Gasteiger charge is -2.32. The van der Waals surface area contributed by atoms with E-state index >= 15 is 0 Å². The molecule has 0 unspecified atom stereocenters. The van der Waals surface area contributed by atoms with Gasteiger partial charge in [0, 0.05) is 12.6 Å². The standard InChI is InChI=1S/C13H13FN2O2/c14-10-1-2-12-11(5-10)15-7-16(12)6-8-3-9(4-8)13(17)18/h1-2,5,7-9H,3-4,6H2,(H,17,18). The SMILES string of the molecule is O=C(O)C1CC(Cn2cnc3cc(F)ccc32)C1. The Bertz CT molecular complexity index is 602. The third-order valence-corrected chi connectivity index (χ3v) is 3.62. The number of imidazole rings is 1. The number of hydrogen-bond acceptors (Lipinski definition) is 2. The summed E-state index contributed by atoms with van der Waals surface area (Å²) in [4.78, 5) is 14.9. The first kappa shape index (κ1) is 11.2. The Morgan fingerprint density at radius 1 is 1.50 bits per heavy atom. The second-order valence-electron chi connectivity index (χ2n) is 4.90. The lowest BCUT2D eigenvalue weighted by Crippen LogP contribution is -2.32. The van der Waals surface area contributed by atoms with E-state index in [0.717, 1.165) is 24.9 Å². The Morgan fingerprint density at radius 3 is 3.00 bits per heavy atom. The summed E-state index contributed by atoms with van der Waals surface area (Å²) in [6.07, 6.45) is 3.13. The zero-order valence-corrected chi connectivity index (χ0v) is 9.71. The van der Waals surface area contributed by atoms with Crippen LogP contribution in [0, 0.1) is 17.7 Å². The van der Waals surface area contributed by atoms with E-state index in [-0.39, 0.29) is 11.7 Å². The van der Waals surface area contributed by atoms with Gasteiger partial charge in [-0.05, 0) is 30.9 Å². The molecule has 0 saturated heterocycles. The number of carbonyl (C=O) groups is 1. The second kappa shape index (κ2) is 4.08. The molecule has 2 aromatic rings. The van der Waals surface area contributed by atoms with Crippen molar-refractivity contribution in [2.24, 2.45) is 11.8 Å².